The highest BCUT2D eigenvalue weighted by atomic mass is 32.2. The third-order valence-electron chi connectivity index (χ3n) is 6.16. The first-order valence-electron chi connectivity index (χ1n) is 10.9. The predicted octanol–water partition coefficient (Wildman–Crippen LogP) is 4.20. The van der Waals surface area contributed by atoms with Crippen LogP contribution in [0.25, 0.3) is 11.0 Å². The van der Waals surface area contributed by atoms with Gasteiger partial charge in [0.05, 0.1) is 17.1 Å². The molecule has 1 aliphatic rings. The zero-order chi connectivity index (χ0) is 22.9. The quantitative estimate of drug-likeness (QED) is 0.514. The summed E-state index contributed by atoms with van der Waals surface area (Å²) in [6, 6.07) is 8.76. The fourth-order valence-electron chi connectivity index (χ4n) is 4.41. The van der Waals surface area contributed by atoms with Crippen LogP contribution in [0, 0.1) is 12.8 Å². The molecule has 2 aromatic heterocycles. The molecule has 0 radical (unpaired) electrons. The second kappa shape index (κ2) is 9.02. The SMILES string of the molecule is Cc1cc(=O)c(O)c(C2(CC(=O)N[C@H](c3nc4ccccc4[nH]3)C(C)C)CCSCC2)o1. The average molecular weight is 456 g/mol. The zero-order valence-electron chi connectivity index (χ0n) is 18.6. The number of rotatable bonds is 6. The number of carbonyl (C=O) groups excluding carboxylic acids is 1. The number of hydrogen-bond acceptors (Lipinski definition) is 6. The highest BCUT2D eigenvalue weighted by Gasteiger charge is 2.42. The molecule has 170 valence electrons. The number of fused-ring (bicyclic) bond motifs is 1. The number of aromatic nitrogens is 2. The molecule has 3 heterocycles. The number of aromatic hydroxyl groups is 1. The molecule has 1 amide bonds. The molecule has 0 aliphatic carbocycles. The van der Waals surface area contributed by atoms with Gasteiger partial charge in [0.15, 0.2) is 5.76 Å². The lowest BCUT2D eigenvalue weighted by Gasteiger charge is -2.36. The lowest BCUT2D eigenvalue weighted by Crippen LogP contribution is -2.40. The Hall–Kier alpha value is -2.74. The summed E-state index contributed by atoms with van der Waals surface area (Å²) in [7, 11) is 0. The number of thioether (sulfide) groups is 1. The number of amides is 1. The summed E-state index contributed by atoms with van der Waals surface area (Å²) in [4.78, 5) is 33.5. The summed E-state index contributed by atoms with van der Waals surface area (Å²) < 4.78 is 5.85. The van der Waals surface area contributed by atoms with Gasteiger partial charge in [-0.05, 0) is 49.3 Å². The maximum Gasteiger partial charge on any atom is 0.227 e. The lowest BCUT2D eigenvalue weighted by atomic mass is 9.75. The van der Waals surface area contributed by atoms with Crippen molar-refractivity contribution in [3.05, 3.63) is 57.9 Å². The molecule has 1 aliphatic heterocycles. The lowest BCUT2D eigenvalue weighted by molar-refractivity contribution is -0.123. The highest BCUT2D eigenvalue weighted by Crippen LogP contribution is 2.44. The van der Waals surface area contributed by atoms with Crippen molar-refractivity contribution in [2.45, 2.75) is 51.5 Å². The predicted molar refractivity (Wildman–Crippen MR) is 126 cm³/mol. The molecule has 0 bridgehead atoms. The molecular formula is C24H29N3O4S. The number of H-pyrrole nitrogens is 1. The van der Waals surface area contributed by atoms with E-state index in [-0.39, 0.29) is 35.8 Å². The van der Waals surface area contributed by atoms with Gasteiger partial charge in [-0.3, -0.25) is 9.59 Å². The maximum absolute atomic E-state index is 13.3. The van der Waals surface area contributed by atoms with Gasteiger partial charge >= 0.3 is 0 Å². The molecule has 0 spiro atoms. The van der Waals surface area contributed by atoms with Crippen molar-refractivity contribution >= 4 is 28.7 Å². The molecule has 0 saturated carbocycles. The number of aryl methyl sites for hydroxylation is 1. The van der Waals surface area contributed by atoms with Crippen molar-refractivity contribution in [2.75, 3.05) is 11.5 Å². The Kier molecular flexibility index (Phi) is 6.33. The van der Waals surface area contributed by atoms with Crippen molar-refractivity contribution in [3.63, 3.8) is 0 Å². The van der Waals surface area contributed by atoms with Crippen LogP contribution in [0.4, 0.5) is 0 Å². The monoisotopic (exact) mass is 455 g/mol. The van der Waals surface area contributed by atoms with E-state index >= 15 is 0 Å². The molecule has 32 heavy (non-hydrogen) atoms. The fourth-order valence-corrected chi connectivity index (χ4v) is 5.69. The first-order valence-corrected chi connectivity index (χ1v) is 12.1. The Labute approximate surface area is 191 Å². The smallest absolute Gasteiger partial charge is 0.227 e. The van der Waals surface area contributed by atoms with E-state index in [9.17, 15) is 14.7 Å². The Balaban J connectivity index is 1.62. The molecule has 3 N–H and O–H groups in total. The summed E-state index contributed by atoms with van der Waals surface area (Å²) in [5.41, 5.74) is 0.605. The summed E-state index contributed by atoms with van der Waals surface area (Å²) in [6.07, 6.45) is 1.45. The first-order chi connectivity index (χ1) is 15.3. The highest BCUT2D eigenvalue weighted by molar-refractivity contribution is 7.99. The van der Waals surface area contributed by atoms with Crippen LogP contribution in [0.3, 0.4) is 0 Å². The zero-order valence-corrected chi connectivity index (χ0v) is 19.4. The number of benzene rings is 1. The molecule has 8 heteroatoms. The van der Waals surface area contributed by atoms with Crippen LogP contribution in [-0.4, -0.2) is 32.5 Å². The normalized spacial score (nSPS) is 16.9. The molecular weight excluding hydrogens is 426 g/mol. The van der Waals surface area contributed by atoms with Crippen molar-refractivity contribution in [2.24, 2.45) is 5.92 Å². The van der Waals surface area contributed by atoms with E-state index in [2.05, 4.69) is 15.3 Å². The number of aromatic amines is 1. The van der Waals surface area contributed by atoms with E-state index in [0.29, 0.717) is 24.4 Å². The van der Waals surface area contributed by atoms with Crippen LogP contribution in [0.2, 0.25) is 0 Å². The van der Waals surface area contributed by atoms with Gasteiger partial charge in [-0.2, -0.15) is 11.8 Å². The molecule has 4 rings (SSSR count). The van der Waals surface area contributed by atoms with Crippen LogP contribution in [0.15, 0.2) is 39.5 Å². The van der Waals surface area contributed by atoms with Crippen molar-refractivity contribution in [1.29, 1.82) is 0 Å². The summed E-state index contributed by atoms with van der Waals surface area (Å²) in [5, 5.41) is 13.7. The number of imidazole rings is 1. The second-order valence-corrected chi connectivity index (χ2v) is 10.1. The van der Waals surface area contributed by atoms with E-state index in [1.165, 1.54) is 6.07 Å². The molecule has 1 aromatic carbocycles. The molecule has 1 atom stereocenters. The topological polar surface area (TPSA) is 108 Å². The van der Waals surface area contributed by atoms with Crippen molar-refractivity contribution < 1.29 is 14.3 Å². The number of nitrogens with one attached hydrogen (secondary N) is 2. The molecule has 0 unspecified atom stereocenters. The molecule has 3 aromatic rings. The van der Waals surface area contributed by atoms with E-state index in [1.807, 2.05) is 38.1 Å². The van der Waals surface area contributed by atoms with Gasteiger partial charge in [-0.25, -0.2) is 4.98 Å². The van der Waals surface area contributed by atoms with E-state index in [4.69, 9.17) is 4.42 Å². The summed E-state index contributed by atoms with van der Waals surface area (Å²) in [6.45, 7) is 5.76. The fraction of sp³-hybridized carbons (Fsp3) is 0.458. The van der Waals surface area contributed by atoms with Crippen LogP contribution in [0.1, 0.15) is 56.5 Å². The minimum Gasteiger partial charge on any atom is -0.502 e. The minimum absolute atomic E-state index is 0.114. The molecule has 7 nitrogen and oxygen atoms in total. The van der Waals surface area contributed by atoms with Crippen LogP contribution < -0.4 is 10.7 Å². The van der Waals surface area contributed by atoms with E-state index in [0.717, 1.165) is 22.5 Å². The summed E-state index contributed by atoms with van der Waals surface area (Å²) in [5.74, 6) is 2.64. The van der Waals surface area contributed by atoms with Crippen LogP contribution in [0.5, 0.6) is 5.75 Å². The van der Waals surface area contributed by atoms with Gasteiger partial charge in [0.2, 0.25) is 17.1 Å². The van der Waals surface area contributed by atoms with Crippen molar-refractivity contribution in [3.8, 4) is 5.75 Å². The van der Waals surface area contributed by atoms with Gasteiger partial charge in [-0.1, -0.05) is 26.0 Å². The van der Waals surface area contributed by atoms with Gasteiger partial charge in [-0.15, -0.1) is 0 Å². The first kappa shape index (κ1) is 22.5. The Morgan fingerprint density at radius 2 is 2.03 bits per heavy atom. The molecule has 1 fully saturated rings. The van der Waals surface area contributed by atoms with Crippen molar-refractivity contribution in [1.82, 2.24) is 15.3 Å². The minimum atomic E-state index is -0.708. The Morgan fingerprint density at radius 1 is 1.31 bits per heavy atom. The largest absolute Gasteiger partial charge is 0.502 e. The Bertz CT molecular complexity index is 1140. The standard InChI is InChI=1S/C24H29N3O4S/c1-14(2)20(23-25-16-6-4-5-7-17(16)26-23)27-19(29)13-24(8-10-32-11-9-24)22-21(30)18(28)12-15(3)31-22/h4-7,12,14,20,30H,8-11,13H2,1-3H3,(H,25,26)(H,27,29)/t20-/m0/s1. The van der Waals surface area contributed by atoms with E-state index in [1.54, 1.807) is 18.7 Å². The van der Waals surface area contributed by atoms with Gasteiger partial charge < -0.3 is 19.8 Å². The number of para-hydroxylation sites is 2. The van der Waals surface area contributed by atoms with Gasteiger partial charge in [0.1, 0.15) is 11.6 Å². The third kappa shape index (κ3) is 4.41. The number of nitrogens with zero attached hydrogens (tertiary/aromatic N) is 1. The maximum atomic E-state index is 13.3. The second-order valence-electron chi connectivity index (χ2n) is 8.90. The number of carbonyl (C=O) groups is 1. The average Bonchev–Trinajstić information content (AvgIpc) is 3.18. The van der Waals surface area contributed by atoms with E-state index < -0.39 is 10.8 Å². The third-order valence-corrected chi connectivity index (χ3v) is 7.15. The van der Waals surface area contributed by atoms with Gasteiger partial charge in [0, 0.05) is 17.9 Å². The molecule has 1 saturated heterocycles. The Morgan fingerprint density at radius 3 is 2.72 bits per heavy atom. The van der Waals surface area contributed by atoms with Gasteiger partial charge in [0.25, 0.3) is 0 Å². The number of hydrogen-bond donors (Lipinski definition) is 3. The van der Waals surface area contributed by atoms with Crippen LogP contribution in [-0.2, 0) is 10.2 Å². The summed E-state index contributed by atoms with van der Waals surface area (Å²) >= 11 is 1.80. The van der Waals surface area contributed by atoms with Crippen LogP contribution >= 0.6 is 11.8 Å².